The van der Waals surface area contributed by atoms with Crippen molar-refractivity contribution in [2.24, 2.45) is 17.8 Å². The van der Waals surface area contributed by atoms with Crippen molar-refractivity contribution in [2.45, 2.75) is 77.0 Å². The fourth-order valence-corrected chi connectivity index (χ4v) is 6.81. The zero-order valence-corrected chi connectivity index (χ0v) is 25.3. The summed E-state index contributed by atoms with van der Waals surface area (Å²) in [4.78, 5) is 15.9. The number of nitrogens with one attached hydrogen (secondary N) is 1. The van der Waals surface area contributed by atoms with Crippen LogP contribution in [0.15, 0.2) is 53.4 Å². The summed E-state index contributed by atoms with van der Waals surface area (Å²) in [5.41, 5.74) is 4.95. The van der Waals surface area contributed by atoms with Crippen molar-refractivity contribution in [3.8, 4) is 5.75 Å². The lowest BCUT2D eigenvalue weighted by Gasteiger charge is -2.29. The Morgan fingerprint density at radius 3 is 2.67 bits per heavy atom. The second-order valence-electron chi connectivity index (χ2n) is 11.5. The van der Waals surface area contributed by atoms with Gasteiger partial charge in [0.1, 0.15) is 5.75 Å². The van der Waals surface area contributed by atoms with Crippen molar-refractivity contribution >= 4 is 22.6 Å². The number of hydrogen-bond acceptors (Lipinski definition) is 5. The van der Waals surface area contributed by atoms with Gasteiger partial charge in [-0.15, -0.1) is 0 Å². The number of ether oxygens (including phenoxy) is 1. The summed E-state index contributed by atoms with van der Waals surface area (Å²) in [7, 11) is -1.74. The summed E-state index contributed by atoms with van der Waals surface area (Å²) >= 11 is 0. The number of carbonyl (C=O) groups excluding carboxylic acids is 1. The number of carbonyl (C=O) groups is 1. The SMILES string of the molecule is CCCc1cc(C)ccc1C1COc2ccc3cc2N(CCC(CC)C/C=C/C[C@H](C)C(CO)C(=O)NS3=O)C1. The summed E-state index contributed by atoms with van der Waals surface area (Å²) in [6.45, 7) is 10.6. The third kappa shape index (κ3) is 7.35. The molecular weight excluding hydrogens is 520 g/mol. The van der Waals surface area contributed by atoms with Crippen molar-refractivity contribution in [1.29, 1.82) is 0 Å². The Labute approximate surface area is 242 Å². The lowest BCUT2D eigenvalue weighted by atomic mass is 9.90. The second-order valence-corrected chi connectivity index (χ2v) is 12.8. The Morgan fingerprint density at radius 1 is 1.12 bits per heavy atom. The van der Waals surface area contributed by atoms with E-state index in [0.29, 0.717) is 23.8 Å². The van der Waals surface area contributed by atoms with E-state index in [-0.39, 0.29) is 24.3 Å². The van der Waals surface area contributed by atoms with Gasteiger partial charge in [-0.3, -0.25) is 9.52 Å². The first-order valence-corrected chi connectivity index (χ1v) is 16.1. The normalized spacial score (nSPS) is 26.9. The number of rotatable bonds is 5. The maximum atomic E-state index is 13.3. The van der Waals surface area contributed by atoms with E-state index in [1.807, 2.05) is 19.1 Å². The Kier molecular flexibility index (Phi) is 10.8. The Morgan fingerprint density at radius 2 is 1.93 bits per heavy atom. The molecule has 2 aliphatic rings. The molecule has 7 heteroatoms. The standard InChI is InChI=1S/C33H46N2O4S/c1-5-9-26-18-23(3)12-14-29(26)27-20-35-17-16-25(6-2)11-8-7-10-24(4)30(21-36)33(37)34-40(38)28-13-15-32(39-22-27)31(35)19-28/h7-8,12-15,18-19,24-25,27,30,36H,5-6,9-11,16-17,20-22H2,1-4H3,(H,34,37)/b8-7+/t24-,25?,27?,30?,40?/m0/s1. The quantitative estimate of drug-likeness (QED) is 0.429. The number of amides is 1. The average Bonchev–Trinajstić information content (AvgIpc) is 3.12. The molecule has 6 nitrogen and oxygen atoms in total. The summed E-state index contributed by atoms with van der Waals surface area (Å²) in [5.74, 6) is 0.478. The van der Waals surface area contributed by atoms with Gasteiger partial charge in [0.05, 0.1) is 29.7 Å². The molecule has 0 radical (unpaired) electrons. The number of aliphatic hydroxyl groups is 1. The first-order chi connectivity index (χ1) is 19.3. The molecule has 0 aromatic heterocycles. The zero-order valence-electron chi connectivity index (χ0n) is 24.5. The monoisotopic (exact) mass is 566 g/mol. The third-order valence-electron chi connectivity index (χ3n) is 8.57. The predicted octanol–water partition coefficient (Wildman–Crippen LogP) is 6.08. The minimum atomic E-state index is -1.74. The van der Waals surface area contributed by atoms with Crippen molar-refractivity contribution in [3.63, 3.8) is 0 Å². The van der Waals surface area contributed by atoms with Gasteiger partial charge in [0.15, 0.2) is 11.0 Å². The van der Waals surface area contributed by atoms with Crippen LogP contribution in [0, 0.1) is 24.7 Å². The van der Waals surface area contributed by atoms with Gasteiger partial charge in [-0.05, 0) is 73.8 Å². The Hall–Kier alpha value is -2.64. The molecule has 2 aliphatic heterocycles. The molecule has 0 saturated carbocycles. The molecule has 1 amide bonds. The van der Waals surface area contributed by atoms with Gasteiger partial charge in [-0.1, -0.05) is 69.5 Å². The second kappa shape index (κ2) is 14.3. The van der Waals surface area contributed by atoms with Crippen LogP contribution in [0.5, 0.6) is 5.75 Å². The van der Waals surface area contributed by atoms with Crippen molar-refractivity contribution in [1.82, 2.24) is 4.72 Å². The van der Waals surface area contributed by atoms with E-state index < -0.39 is 16.9 Å². The van der Waals surface area contributed by atoms with Crippen LogP contribution in [0.4, 0.5) is 5.69 Å². The lowest BCUT2D eigenvalue weighted by Crippen LogP contribution is -2.37. The highest BCUT2D eigenvalue weighted by atomic mass is 32.2. The highest BCUT2D eigenvalue weighted by Gasteiger charge is 2.29. The number of hydrogen-bond donors (Lipinski definition) is 2. The van der Waals surface area contributed by atoms with Crippen LogP contribution in [0.1, 0.15) is 75.5 Å². The molecule has 4 unspecified atom stereocenters. The number of aryl methyl sites for hydroxylation is 2. The molecule has 2 heterocycles. The lowest BCUT2D eigenvalue weighted by molar-refractivity contribution is -0.125. The van der Waals surface area contributed by atoms with Crippen LogP contribution >= 0.6 is 0 Å². The number of allylic oxidation sites excluding steroid dienone is 2. The highest BCUT2D eigenvalue weighted by molar-refractivity contribution is 7.83. The molecule has 5 atom stereocenters. The number of aliphatic hydroxyl groups excluding tert-OH is 1. The van der Waals surface area contributed by atoms with Gasteiger partial charge in [0.25, 0.3) is 0 Å². The van der Waals surface area contributed by atoms with Crippen LogP contribution in [0.3, 0.4) is 0 Å². The largest absolute Gasteiger partial charge is 0.491 e. The van der Waals surface area contributed by atoms with Crippen molar-refractivity contribution in [3.05, 3.63) is 65.2 Å². The number of benzene rings is 2. The van der Waals surface area contributed by atoms with E-state index in [2.05, 4.69) is 60.7 Å². The van der Waals surface area contributed by atoms with Crippen LogP contribution in [-0.4, -0.2) is 41.5 Å². The van der Waals surface area contributed by atoms with Gasteiger partial charge < -0.3 is 14.7 Å². The first-order valence-electron chi connectivity index (χ1n) is 14.9. The van der Waals surface area contributed by atoms with Crippen LogP contribution in [0.25, 0.3) is 0 Å². The summed E-state index contributed by atoms with van der Waals surface area (Å²) in [6.07, 6.45) is 10.3. The molecule has 0 spiro atoms. The average molecular weight is 567 g/mol. The van der Waals surface area contributed by atoms with Crippen LogP contribution < -0.4 is 14.4 Å². The molecule has 40 heavy (non-hydrogen) atoms. The fourth-order valence-electron chi connectivity index (χ4n) is 5.95. The maximum Gasteiger partial charge on any atom is 0.237 e. The van der Waals surface area contributed by atoms with Gasteiger partial charge in [-0.2, -0.15) is 0 Å². The fraction of sp³-hybridized carbons (Fsp3) is 0.545. The van der Waals surface area contributed by atoms with Crippen molar-refractivity contribution in [2.75, 3.05) is 31.2 Å². The van der Waals surface area contributed by atoms with E-state index in [0.717, 1.165) is 56.6 Å². The molecular formula is C33H46N2O4S. The molecule has 2 bridgehead atoms. The van der Waals surface area contributed by atoms with E-state index in [1.54, 1.807) is 6.07 Å². The molecule has 2 aromatic carbocycles. The Balaban J connectivity index is 1.71. The minimum absolute atomic E-state index is 0.0570. The van der Waals surface area contributed by atoms with E-state index in [4.69, 9.17) is 4.74 Å². The van der Waals surface area contributed by atoms with Crippen LogP contribution in [-0.2, 0) is 22.2 Å². The molecule has 2 aromatic rings. The first kappa shape index (κ1) is 30.3. The number of fused-ring (bicyclic) bond motifs is 1. The van der Waals surface area contributed by atoms with Gasteiger partial charge >= 0.3 is 0 Å². The minimum Gasteiger partial charge on any atom is -0.491 e. The van der Waals surface area contributed by atoms with E-state index in [1.165, 1.54) is 16.7 Å². The predicted molar refractivity (Wildman–Crippen MR) is 163 cm³/mol. The third-order valence-corrected chi connectivity index (χ3v) is 9.63. The topological polar surface area (TPSA) is 78.9 Å². The molecule has 0 aliphatic carbocycles. The Bertz CT molecular complexity index is 1210. The van der Waals surface area contributed by atoms with E-state index >= 15 is 0 Å². The van der Waals surface area contributed by atoms with Crippen molar-refractivity contribution < 1.29 is 18.8 Å². The molecule has 4 rings (SSSR count). The van der Waals surface area contributed by atoms with E-state index in [9.17, 15) is 14.1 Å². The van der Waals surface area contributed by atoms with Gasteiger partial charge in [0, 0.05) is 19.0 Å². The smallest absolute Gasteiger partial charge is 0.237 e. The molecule has 0 saturated heterocycles. The highest BCUT2D eigenvalue weighted by Crippen LogP contribution is 2.38. The summed E-state index contributed by atoms with van der Waals surface area (Å²) in [6, 6.07) is 12.4. The number of anilines is 1. The molecule has 218 valence electrons. The summed E-state index contributed by atoms with van der Waals surface area (Å²) in [5, 5.41) is 9.95. The van der Waals surface area contributed by atoms with Crippen LogP contribution in [0.2, 0.25) is 0 Å². The number of nitrogens with zero attached hydrogens (tertiary/aromatic N) is 1. The molecule has 0 fully saturated rings. The maximum absolute atomic E-state index is 13.3. The molecule has 2 N–H and O–H groups in total. The van der Waals surface area contributed by atoms with Gasteiger partial charge in [0.2, 0.25) is 5.91 Å². The summed E-state index contributed by atoms with van der Waals surface area (Å²) < 4.78 is 22.4. The van der Waals surface area contributed by atoms with Gasteiger partial charge in [-0.25, -0.2) is 4.21 Å². The zero-order chi connectivity index (χ0) is 28.6.